The molecule has 0 unspecified atom stereocenters. The molecule has 38 rings (SSSR count). The van der Waals surface area contributed by atoms with Gasteiger partial charge in [-0.25, -0.2) is 0 Å². The molecule has 20 bridgehead atoms. The molecule has 4 aromatic heterocycles. The van der Waals surface area contributed by atoms with Crippen molar-refractivity contribution in [1.29, 1.82) is 0 Å². The first-order valence-corrected chi connectivity index (χ1v) is 21.0. The largest absolute Gasteiger partial charge is 0.457 e. The smallest absolute Gasteiger partial charge is 0.210 e. The number of hydrogen-bond donors (Lipinski definition) is 0. The highest BCUT2D eigenvalue weighted by Crippen LogP contribution is 2.30. The predicted molar refractivity (Wildman–Crippen MR) is 243 cm³/mol. The summed E-state index contributed by atoms with van der Waals surface area (Å²) >= 11 is 0. The van der Waals surface area contributed by atoms with Crippen LogP contribution >= 0.6 is 0 Å². The highest BCUT2D eigenvalue weighted by atomic mass is 16.5. The Hall–Kier alpha value is -8.88. The third kappa shape index (κ3) is 8.39. The summed E-state index contributed by atoms with van der Waals surface area (Å²) in [6.45, 7) is 0. The van der Waals surface area contributed by atoms with Gasteiger partial charge in [-0.3, -0.25) is 0 Å². The van der Waals surface area contributed by atoms with Crippen molar-refractivity contribution >= 4 is 0 Å². The van der Waals surface area contributed by atoms with Crippen LogP contribution in [0.25, 0.3) is 45.0 Å². The molecular weight excluding hydrogens is 793 g/mol. The number of nitrogens with zero attached hydrogens (tertiary/aromatic N) is 4. The minimum atomic E-state index is 0.726. The van der Waals surface area contributed by atoms with E-state index in [2.05, 4.69) is 116 Å². The fourth-order valence-corrected chi connectivity index (χ4v) is 7.61. The van der Waals surface area contributed by atoms with Crippen LogP contribution in [-0.4, -0.2) is 0 Å². The maximum atomic E-state index is 6.17. The molecule has 8 nitrogen and oxygen atoms in total. The molecule has 28 aliphatic rings. The van der Waals surface area contributed by atoms with Crippen molar-refractivity contribution < 1.29 is 37.2 Å². The average Bonchev–Trinajstić information content (AvgIpc) is 3.36. The van der Waals surface area contributed by atoms with Gasteiger partial charge in [0.2, 0.25) is 22.7 Å². The molecule has 10 aromatic rings. The summed E-state index contributed by atoms with van der Waals surface area (Å²) in [5.74, 6) is 5.90. The topological polar surface area (TPSA) is 52.4 Å². The van der Waals surface area contributed by atoms with E-state index < -0.39 is 0 Å². The molecule has 0 atom stereocenters. The summed E-state index contributed by atoms with van der Waals surface area (Å²) < 4.78 is 33.0. The Morgan fingerprint density at radius 1 is 0.172 bits per heavy atom. The van der Waals surface area contributed by atoms with Crippen LogP contribution in [0.3, 0.4) is 0 Å². The van der Waals surface area contributed by atoms with Gasteiger partial charge in [0.05, 0.1) is 0 Å². The lowest BCUT2D eigenvalue weighted by Gasteiger charge is -2.09. The van der Waals surface area contributed by atoms with E-state index in [-0.39, 0.29) is 0 Å². The second-order valence-electron chi connectivity index (χ2n) is 15.3. The van der Waals surface area contributed by atoms with Gasteiger partial charge in [0.15, 0.2) is 49.6 Å². The van der Waals surface area contributed by atoms with Crippen molar-refractivity contribution in [3.63, 3.8) is 0 Å². The minimum Gasteiger partial charge on any atom is -0.457 e. The zero-order valence-corrected chi connectivity index (χ0v) is 34.5. The molecule has 64 heavy (non-hydrogen) atoms. The van der Waals surface area contributed by atoms with Crippen molar-refractivity contribution in [2.75, 3.05) is 0 Å². The van der Waals surface area contributed by atoms with Gasteiger partial charge in [0.25, 0.3) is 0 Å². The van der Waals surface area contributed by atoms with E-state index in [1.807, 2.05) is 146 Å². The van der Waals surface area contributed by atoms with E-state index in [4.69, 9.17) is 18.9 Å². The predicted octanol–water partition coefficient (Wildman–Crippen LogP) is 11.6. The van der Waals surface area contributed by atoms with Crippen LogP contribution in [0, 0.1) is 0 Å². The van der Waals surface area contributed by atoms with Crippen molar-refractivity contribution in [3.05, 3.63) is 244 Å². The van der Waals surface area contributed by atoms with Gasteiger partial charge in [-0.15, -0.1) is 0 Å². The fraction of sp³-hybridized carbons (Fsp3) is 0. The summed E-state index contributed by atoms with van der Waals surface area (Å²) in [4.78, 5) is 0. The lowest BCUT2D eigenvalue weighted by atomic mass is 10.1. The molecular formula is C56H40N4O4+4. The molecule has 0 aliphatic carbocycles. The van der Waals surface area contributed by atoms with Crippen LogP contribution in [0.15, 0.2) is 244 Å². The number of hydrogen-bond acceptors (Lipinski definition) is 4. The zero-order valence-electron chi connectivity index (χ0n) is 34.5. The number of pyridine rings is 4. The van der Waals surface area contributed by atoms with Crippen LogP contribution in [0.5, 0.6) is 46.0 Å². The lowest BCUT2D eigenvalue weighted by molar-refractivity contribution is -0.596. The first-order valence-electron chi connectivity index (χ1n) is 21.0. The van der Waals surface area contributed by atoms with E-state index in [1.165, 1.54) is 0 Å². The standard InChI is InChI=1S/C56H40N4O4/c1-9-49-10-2-45(1)57-33-25-41(26-34-57)42-27-35-58(36-28-42)46-5-13-51(14-6-46)63-55-21-23-56(24-22-55)64-52-15-7-48(8-16-52)60-39-31-44(32-40-60)43-29-37-59(38-30-43)47-3-11-50(12-4-47)62-54-19-17-53(61-49)18-20-54/h1-40H/q+4. The molecule has 0 N–H and O–H groups in total. The molecule has 8 heteroatoms. The van der Waals surface area contributed by atoms with Crippen LogP contribution in [-0.2, 0) is 0 Å². The van der Waals surface area contributed by atoms with E-state index in [0.717, 1.165) is 91.0 Å². The summed E-state index contributed by atoms with van der Waals surface area (Å²) in [5, 5.41) is 0. The molecule has 28 aliphatic heterocycles. The van der Waals surface area contributed by atoms with Gasteiger partial charge >= 0.3 is 0 Å². The maximum absolute atomic E-state index is 6.17. The summed E-state index contributed by atoms with van der Waals surface area (Å²) in [7, 11) is 0. The van der Waals surface area contributed by atoms with Gasteiger partial charge < -0.3 is 18.9 Å². The maximum Gasteiger partial charge on any atom is 0.210 e. The molecule has 0 spiro atoms. The van der Waals surface area contributed by atoms with Gasteiger partial charge in [-0.1, -0.05) is 0 Å². The summed E-state index contributed by atoms with van der Waals surface area (Å²) in [6, 6.07) is 64.5. The quantitative estimate of drug-likeness (QED) is 0.143. The van der Waals surface area contributed by atoms with Crippen molar-refractivity contribution in [2.24, 2.45) is 0 Å². The van der Waals surface area contributed by atoms with E-state index >= 15 is 0 Å². The van der Waals surface area contributed by atoms with Gasteiger partial charge in [0.1, 0.15) is 46.0 Å². The van der Waals surface area contributed by atoms with E-state index in [0.29, 0.717) is 0 Å². The van der Waals surface area contributed by atoms with Crippen molar-refractivity contribution in [1.82, 2.24) is 0 Å². The van der Waals surface area contributed by atoms with Crippen molar-refractivity contribution in [3.8, 4) is 91.0 Å². The SMILES string of the molecule is c1cc2ccc1Oc1ccc(cc1)-[n+]1ccc(cc1)-c1cc[n+](cc1)-c1ccc(cc1)Oc1ccc(cc1)Oc1ccc(cc1)-[n+]1ccc(cc1)-c1cc[n+](cc1)-c1ccc(cc1)O2. The van der Waals surface area contributed by atoms with E-state index in [1.54, 1.807) is 0 Å². The molecule has 304 valence electrons. The Morgan fingerprint density at radius 2 is 0.312 bits per heavy atom. The van der Waals surface area contributed by atoms with Crippen LogP contribution in [0.4, 0.5) is 0 Å². The molecule has 0 radical (unpaired) electrons. The van der Waals surface area contributed by atoms with Crippen LogP contribution in [0.2, 0.25) is 0 Å². The van der Waals surface area contributed by atoms with Gasteiger partial charge in [-0.05, 0) is 119 Å². The summed E-state index contributed by atoms with van der Waals surface area (Å²) in [6.07, 6.45) is 16.6. The molecule has 0 saturated carbocycles. The molecule has 0 amide bonds. The van der Waals surface area contributed by atoms with Crippen LogP contribution in [0.1, 0.15) is 0 Å². The minimum absolute atomic E-state index is 0.726. The van der Waals surface area contributed by atoms with Crippen LogP contribution < -0.4 is 37.2 Å². The monoisotopic (exact) mass is 832 g/mol. The zero-order chi connectivity index (χ0) is 42.7. The highest BCUT2D eigenvalue weighted by Gasteiger charge is 2.14. The third-order valence-corrected chi connectivity index (χ3v) is 11.1. The number of rotatable bonds is 0. The Bertz CT molecular complexity index is 2720. The number of ether oxygens (including phenoxy) is 4. The second kappa shape index (κ2) is 16.9. The van der Waals surface area contributed by atoms with Gasteiger partial charge in [0, 0.05) is 97.1 Å². The Labute approximate surface area is 370 Å². The summed E-state index contributed by atoms with van der Waals surface area (Å²) in [5.41, 5.74) is 8.63. The van der Waals surface area contributed by atoms with E-state index in [9.17, 15) is 0 Å². The first kappa shape index (κ1) is 38.1. The highest BCUT2D eigenvalue weighted by molar-refractivity contribution is 5.62. The molecule has 6 aromatic carbocycles. The lowest BCUT2D eigenvalue weighted by Crippen LogP contribution is -2.29. The van der Waals surface area contributed by atoms with Crippen molar-refractivity contribution in [2.45, 2.75) is 0 Å². The Morgan fingerprint density at radius 3 is 0.469 bits per heavy atom. The Kier molecular flexibility index (Phi) is 10.0. The molecule has 0 fully saturated rings. The normalized spacial score (nSPS) is 11.6. The second-order valence-corrected chi connectivity index (χ2v) is 15.3. The number of benzene rings is 6. The molecule has 0 saturated heterocycles. The fourth-order valence-electron chi connectivity index (χ4n) is 7.61. The molecule has 32 heterocycles. The Balaban J connectivity index is 0.837. The first-order chi connectivity index (χ1) is 31.6. The van der Waals surface area contributed by atoms with Gasteiger partial charge in [-0.2, -0.15) is 18.3 Å². The number of aromatic nitrogens is 4. The average molecular weight is 833 g/mol. The third-order valence-electron chi connectivity index (χ3n) is 11.1.